The van der Waals surface area contributed by atoms with Crippen molar-refractivity contribution in [1.29, 1.82) is 0 Å². The van der Waals surface area contributed by atoms with Gasteiger partial charge in [-0.15, -0.1) is 5.10 Å². The third-order valence-corrected chi connectivity index (χ3v) is 3.61. The van der Waals surface area contributed by atoms with Crippen LogP contribution < -0.4 is 0 Å². The lowest BCUT2D eigenvalue weighted by molar-refractivity contribution is 0.0722. The summed E-state index contributed by atoms with van der Waals surface area (Å²) in [6.07, 6.45) is 6.69. The van der Waals surface area contributed by atoms with Gasteiger partial charge in [-0.05, 0) is 38.0 Å². The van der Waals surface area contributed by atoms with Crippen LogP contribution in [0.3, 0.4) is 0 Å². The molecule has 98 valence electrons. The van der Waals surface area contributed by atoms with Crippen molar-refractivity contribution < 1.29 is 4.79 Å². The summed E-state index contributed by atoms with van der Waals surface area (Å²) in [6.45, 7) is 2.99. The Morgan fingerprint density at radius 3 is 2.78 bits per heavy atom. The first kappa shape index (κ1) is 11.7. The number of aromatic amines is 1. The van der Waals surface area contributed by atoms with Crippen molar-refractivity contribution in [3.8, 4) is 0 Å². The van der Waals surface area contributed by atoms with Gasteiger partial charge in [0.15, 0.2) is 0 Å². The molecule has 5 nitrogen and oxygen atoms in total. The van der Waals surface area contributed by atoms with Gasteiger partial charge in [-0.3, -0.25) is 9.89 Å². The average molecular weight is 248 g/mol. The maximum atomic E-state index is 12.4. The molecule has 0 spiro atoms. The van der Waals surface area contributed by atoms with Crippen LogP contribution in [0.15, 0.2) is 0 Å². The Kier molecular flexibility index (Phi) is 3.06. The minimum atomic E-state index is 0.0167. The van der Waals surface area contributed by atoms with Gasteiger partial charge >= 0.3 is 0 Å². The summed E-state index contributed by atoms with van der Waals surface area (Å²) >= 11 is 0. The maximum absolute atomic E-state index is 12.4. The molecule has 3 rings (SSSR count). The number of hydrogen-bond donors (Lipinski definition) is 1. The first-order valence-corrected chi connectivity index (χ1v) is 7.00. The second-order valence-corrected chi connectivity index (χ2v) is 5.49. The molecule has 5 heteroatoms. The van der Waals surface area contributed by atoms with Gasteiger partial charge in [-0.2, -0.15) is 0 Å². The molecule has 1 aromatic heterocycles. The quantitative estimate of drug-likeness (QED) is 0.834. The minimum absolute atomic E-state index is 0.0167. The molecule has 0 saturated heterocycles. The Bertz CT molecular complexity index is 434. The topological polar surface area (TPSA) is 61.9 Å². The molecule has 0 radical (unpaired) electrons. The molecule has 18 heavy (non-hydrogen) atoms. The van der Waals surface area contributed by atoms with Crippen LogP contribution in [0.1, 0.15) is 55.5 Å². The normalized spacial score (nSPS) is 18.9. The summed E-state index contributed by atoms with van der Waals surface area (Å²) in [7, 11) is 0. The van der Waals surface area contributed by atoms with Crippen molar-refractivity contribution in [2.75, 3.05) is 6.54 Å². The second-order valence-electron chi connectivity index (χ2n) is 5.49. The zero-order chi connectivity index (χ0) is 12.5. The summed E-state index contributed by atoms with van der Waals surface area (Å²) < 4.78 is 0. The van der Waals surface area contributed by atoms with Crippen molar-refractivity contribution in [1.82, 2.24) is 20.1 Å². The van der Waals surface area contributed by atoms with Gasteiger partial charge in [0.25, 0.3) is 5.91 Å². The van der Waals surface area contributed by atoms with E-state index in [1.54, 1.807) is 0 Å². The molecule has 1 aromatic rings. The molecule has 0 aliphatic heterocycles. The number of H-pyrrole nitrogens is 1. The third kappa shape index (κ3) is 2.54. The fourth-order valence-electron chi connectivity index (χ4n) is 2.23. The third-order valence-electron chi connectivity index (χ3n) is 3.61. The molecule has 2 aliphatic rings. The van der Waals surface area contributed by atoms with Gasteiger partial charge in [0.1, 0.15) is 5.82 Å². The molecular weight excluding hydrogens is 228 g/mol. The fourth-order valence-corrected chi connectivity index (χ4v) is 2.23. The van der Waals surface area contributed by atoms with Gasteiger partial charge in [-0.25, -0.2) is 4.98 Å². The van der Waals surface area contributed by atoms with E-state index in [0.717, 1.165) is 44.0 Å². The maximum Gasteiger partial charge on any atom is 0.293 e. The lowest BCUT2D eigenvalue weighted by Gasteiger charge is -2.20. The zero-order valence-corrected chi connectivity index (χ0v) is 10.9. The molecular formula is C13H20N4O. The summed E-state index contributed by atoms with van der Waals surface area (Å²) in [5, 5.41) is 6.93. The summed E-state index contributed by atoms with van der Waals surface area (Å²) in [5.41, 5.74) is 0. The smallest absolute Gasteiger partial charge is 0.293 e. The average Bonchev–Trinajstić information content (AvgIpc) is 3.26. The van der Waals surface area contributed by atoms with Crippen LogP contribution in [0.25, 0.3) is 0 Å². The van der Waals surface area contributed by atoms with Gasteiger partial charge < -0.3 is 4.90 Å². The molecule has 0 aromatic carbocycles. The predicted molar refractivity (Wildman–Crippen MR) is 67.2 cm³/mol. The van der Waals surface area contributed by atoms with Crippen LogP contribution in [0.2, 0.25) is 0 Å². The van der Waals surface area contributed by atoms with Crippen LogP contribution in [0, 0.1) is 5.92 Å². The van der Waals surface area contributed by atoms with E-state index in [2.05, 4.69) is 22.1 Å². The molecule has 1 amide bonds. The number of hydrogen-bond acceptors (Lipinski definition) is 3. The highest BCUT2D eigenvalue weighted by molar-refractivity contribution is 5.90. The van der Waals surface area contributed by atoms with Crippen LogP contribution in [-0.2, 0) is 6.42 Å². The van der Waals surface area contributed by atoms with E-state index in [-0.39, 0.29) is 5.91 Å². The summed E-state index contributed by atoms with van der Waals surface area (Å²) in [6, 6.07) is 0.450. The van der Waals surface area contributed by atoms with Crippen LogP contribution in [0.5, 0.6) is 0 Å². The highest BCUT2D eigenvalue weighted by Gasteiger charge is 2.38. The summed E-state index contributed by atoms with van der Waals surface area (Å²) in [5.74, 6) is 1.92. The van der Waals surface area contributed by atoms with Gasteiger partial charge in [0.2, 0.25) is 5.82 Å². The van der Waals surface area contributed by atoms with E-state index in [4.69, 9.17) is 0 Å². The number of aromatic nitrogens is 3. The summed E-state index contributed by atoms with van der Waals surface area (Å²) in [4.78, 5) is 18.7. The molecule has 0 atom stereocenters. The molecule has 2 fully saturated rings. The van der Waals surface area contributed by atoms with E-state index in [1.807, 2.05) is 4.90 Å². The van der Waals surface area contributed by atoms with Gasteiger partial charge in [0, 0.05) is 19.0 Å². The van der Waals surface area contributed by atoms with Crippen molar-refractivity contribution >= 4 is 5.91 Å². The standard InChI is InChI=1S/C13H20N4O/c1-2-3-11-14-12(16-15-11)13(18)17(10-6-7-10)8-9-4-5-9/h9-10H,2-8H2,1H3,(H,14,15,16). The van der Waals surface area contributed by atoms with E-state index in [0.29, 0.717) is 11.9 Å². The van der Waals surface area contributed by atoms with E-state index >= 15 is 0 Å². The minimum Gasteiger partial charge on any atom is -0.333 e. The number of amides is 1. The van der Waals surface area contributed by atoms with E-state index in [9.17, 15) is 4.79 Å². The number of nitrogens with zero attached hydrogens (tertiary/aromatic N) is 3. The lowest BCUT2D eigenvalue weighted by Crippen LogP contribution is -2.35. The fraction of sp³-hybridized carbons (Fsp3) is 0.769. The number of carbonyl (C=O) groups is 1. The van der Waals surface area contributed by atoms with Crippen LogP contribution in [0.4, 0.5) is 0 Å². The van der Waals surface area contributed by atoms with Crippen LogP contribution in [-0.4, -0.2) is 38.6 Å². The Balaban J connectivity index is 1.69. The number of nitrogens with one attached hydrogen (secondary N) is 1. The zero-order valence-electron chi connectivity index (χ0n) is 10.9. The van der Waals surface area contributed by atoms with Crippen molar-refractivity contribution in [2.45, 2.75) is 51.5 Å². The number of aryl methyl sites for hydroxylation is 1. The molecule has 0 bridgehead atoms. The highest BCUT2D eigenvalue weighted by Crippen LogP contribution is 2.35. The Labute approximate surface area is 107 Å². The van der Waals surface area contributed by atoms with Crippen LogP contribution >= 0.6 is 0 Å². The number of rotatable bonds is 6. The van der Waals surface area contributed by atoms with Crippen molar-refractivity contribution in [2.24, 2.45) is 5.92 Å². The first-order valence-electron chi connectivity index (χ1n) is 7.00. The monoisotopic (exact) mass is 248 g/mol. The molecule has 2 aliphatic carbocycles. The second kappa shape index (κ2) is 4.71. The molecule has 1 heterocycles. The SMILES string of the molecule is CCCc1nc(C(=O)N(CC2CC2)C2CC2)n[nH]1. The molecule has 0 unspecified atom stereocenters. The Morgan fingerprint density at radius 1 is 1.39 bits per heavy atom. The lowest BCUT2D eigenvalue weighted by atomic mass is 10.3. The van der Waals surface area contributed by atoms with E-state index in [1.165, 1.54) is 12.8 Å². The molecule has 2 saturated carbocycles. The van der Waals surface area contributed by atoms with Gasteiger partial charge in [-0.1, -0.05) is 6.92 Å². The Hall–Kier alpha value is -1.39. The number of carbonyl (C=O) groups excluding carboxylic acids is 1. The van der Waals surface area contributed by atoms with E-state index < -0.39 is 0 Å². The van der Waals surface area contributed by atoms with Crippen molar-refractivity contribution in [3.63, 3.8) is 0 Å². The first-order chi connectivity index (χ1) is 8.78. The highest BCUT2D eigenvalue weighted by atomic mass is 16.2. The Morgan fingerprint density at radius 2 is 2.17 bits per heavy atom. The van der Waals surface area contributed by atoms with Crippen molar-refractivity contribution in [3.05, 3.63) is 11.6 Å². The predicted octanol–water partition coefficient (Wildman–Crippen LogP) is 1.77. The largest absolute Gasteiger partial charge is 0.333 e. The van der Waals surface area contributed by atoms with Gasteiger partial charge in [0.05, 0.1) is 0 Å². The molecule has 1 N–H and O–H groups in total.